The molecule has 0 rings (SSSR count). The summed E-state index contributed by atoms with van der Waals surface area (Å²) in [5.41, 5.74) is 0. The summed E-state index contributed by atoms with van der Waals surface area (Å²) in [7, 11) is 0. The van der Waals surface area contributed by atoms with E-state index >= 15 is 0 Å². The van der Waals surface area contributed by atoms with E-state index in [0.717, 1.165) is 12.8 Å². The molecule has 0 aliphatic carbocycles. The average Bonchev–Trinajstić information content (AvgIpc) is 2.27. The Morgan fingerprint density at radius 1 is 0.812 bits per heavy atom. The van der Waals surface area contributed by atoms with Crippen LogP contribution in [0.3, 0.4) is 0 Å². The standard InChI is InChI=1S/C14H27ClO/c1-2-3-4-5-6-7-8-9-10-11-14(16)12-13-15/h2-13H2,1H3. The zero-order valence-electron chi connectivity index (χ0n) is 10.8. The van der Waals surface area contributed by atoms with Gasteiger partial charge < -0.3 is 0 Å². The van der Waals surface area contributed by atoms with Crippen LogP contribution in [0.4, 0.5) is 0 Å². The molecule has 0 aromatic rings. The van der Waals surface area contributed by atoms with E-state index in [0.29, 0.717) is 18.1 Å². The molecule has 2 heteroatoms. The fraction of sp³-hybridized carbons (Fsp3) is 0.929. The van der Waals surface area contributed by atoms with Crippen molar-refractivity contribution < 1.29 is 4.79 Å². The van der Waals surface area contributed by atoms with Gasteiger partial charge in [-0.25, -0.2) is 0 Å². The molecular formula is C14H27ClO. The molecule has 0 fully saturated rings. The van der Waals surface area contributed by atoms with Crippen molar-refractivity contribution in [3.8, 4) is 0 Å². The second kappa shape index (κ2) is 13.0. The second-order valence-corrected chi connectivity index (χ2v) is 4.93. The SMILES string of the molecule is CCCCCCCCCCCC(=O)CCCl. The molecule has 96 valence electrons. The Hall–Kier alpha value is -0.0400. The van der Waals surface area contributed by atoms with Crippen molar-refractivity contribution in [1.82, 2.24) is 0 Å². The Kier molecular flexibility index (Phi) is 13.0. The van der Waals surface area contributed by atoms with Crippen LogP contribution in [0.25, 0.3) is 0 Å². The fourth-order valence-electron chi connectivity index (χ4n) is 1.86. The van der Waals surface area contributed by atoms with Crippen LogP contribution in [0.15, 0.2) is 0 Å². The molecule has 0 saturated heterocycles. The van der Waals surface area contributed by atoms with Crippen LogP contribution in [-0.2, 0) is 4.79 Å². The largest absolute Gasteiger partial charge is 0.300 e. The molecule has 0 bridgehead atoms. The predicted octanol–water partition coefficient (Wildman–Crippen LogP) is 5.11. The number of alkyl halides is 1. The highest BCUT2D eigenvalue weighted by Crippen LogP contribution is 2.11. The van der Waals surface area contributed by atoms with E-state index in [9.17, 15) is 4.79 Å². The predicted molar refractivity (Wildman–Crippen MR) is 72.2 cm³/mol. The summed E-state index contributed by atoms with van der Waals surface area (Å²) < 4.78 is 0. The number of unbranched alkanes of at least 4 members (excludes halogenated alkanes) is 8. The molecule has 1 nitrogen and oxygen atoms in total. The highest BCUT2D eigenvalue weighted by atomic mass is 35.5. The first-order valence-corrected chi connectivity index (χ1v) is 7.42. The lowest BCUT2D eigenvalue weighted by Crippen LogP contribution is -1.97. The summed E-state index contributed by atoms with van der Waals surface area (Å²) in [4.78, 5) is 11.2. The quantitative estimate of drug-likeness (QED) is 0.346. The topological polar surface area (TPSA) is 17.1 Å². The minimum Gasteiger partial charge on any atom is -0.300 e. The van der Waals surface area contributed by atoms with Crippen LogP contribution >= 0.6 is 11.6 Å². The van der Waals surface area contributed by atoms with E-state index in [-0.39, 0.29) is 0 Å². The van der Waals surface area contributed by atoms with Gasteiger partial charge in [0.25, 0.3) is 0 Å². The van der Waals surface area contributed by atoms with Crippen LogP contribution in [0.5, 0.6) is 0 Å². The van der Waals surface area contributed by atoms with Crippen molar-refractivity contribution in [3.05, 3.63) is 0 Å². The minimum absolute atomic E-state index is 0.331. The fourth-order valence-corrected chi connectivity index (χ4v) is 2.07. The number of rotatable bonds is 12. The van der Waals surface area contributed by atoms with Gasteiger partial charge >= 0.3 is 0 Å². The maximum atomic E-state index is 11.2. The molecule has 0 N–H and O–H groups in total. The van der Waals surface area contributed by atoms with Crippen molar-refractivity contribution in [1.29, 1.82) is 0 Å². The van der Waals surface area contributed by atoms with Gasteiger partial charge in [-0.15, -0.1) is 11.6 Å². The summed E-state index contributed by atoms with van der Waals surface area (Å²) in [5, 5.41) is 0. The Morgan fingerprint density at radius 3 is 1.81 bits per heavy atom. The Balaban J connectivity index is 3.01. The zero-order chi connectivity index (χ0) is 12.1. The van der Waals surface area contributed by atoms with Crippen LogP contribution in [0, 0.1) is 0 Å². The van der Waals surface area contributed by atoms with Gasteiger partial charge in [0.2, 0.25) is 0 Å². The molecule has 16 heavy (non-hydrogen) atoms. The van der Waals surface area contributed by atoms with E-state index < -0.39 is 0 Å². The molecule has 0 aromatic heterocycles. The molecule has 0 spiro atoms. The van der Waals surface area contributed by atoms with Crippen LogP contribution in [0.2, 0.25) is 0 Å². The van der Waals surface area contributed by atoms with Crippen molar-refractivity contribution >= 4 is 17.4 Å². The van der Waals surface area contributed by atoms with Gasteiger partial charge in [0.1, 0.15) is 5.78 Å². The average molecular weight is 247 g/mol. The molecule has 0 aliphatic heterocycles. The number of Topliss-reactive ketones (excluding diaryl/α,β-unsaturated/α-hetero) is 1. The minimum atomic E-state index is 0.331. The van der Waals surface area contributed by atoms with E-state index in [4.69, 9.17) is 11.6 Å². The molecule has 0 saturated carbocycles. The highest BCUT2D eigenvalue weighted by Gasteiger charge is 1.99. The zero-order valence-corrected chi connectivity index (χ0v) is 11.5. The van der Waals surface area contributed by atoms with Gasteiger partial charge in [-0.05, 0) is 6.42 Å². The lowest BCUT2D eigenvalue weighted by molar-refractivity contribution is -0.118. The lowest BCUT2D eigenvalue weighted by Gasteiger charge is -2.01. The summed E-state index contributed by atoms with van der Waals surface area (Å²) >= 11 is 5.50. The molecular weight excluding hydrogens is 220 g/mol. The van der Waals surface area contributed by atoms with Crippen molar-refractivity contribution in [3.63, 3.8) is 0 Å². The van der Waals surface area contributed by atoms with Gasteiger partial charge in [-0.2, -0.15) is 0 Å². The highest BCUT2D eigenvalue weighted by molar-refractivity contribution is 6.19. The third-order valence-electron chi connectivity index (χ3n) is 2.93. The molecule has 0 aliphatic rings. The summed E-state index contributed by atoms with van der Waals surface area (Å²) in [6.07, 6.45) is 13.1. The van der Waals surface area contributed by atoms with E-state index in [2.05, 4.69) is 6.92 Å². The third-order valence-corrected chi connectivity index (χ3v) is 3.12. The Bertz CT molecular complexity index is 157. The lowest BCUT2D eigenvalue weighted by atomic mass is 10.1. The molecule has 0 aromatic carbocycles. The first-order chi connectivity index (χ1) is 7.81. The van der Waals surface area contributed by atoms with E-state index in [1.54, 1.807) is 0 Å². The molecule has 0 atom stereocenters. The maximum absolute atomic E-state index is 11.2. The van der Waals surface area contributed by atoms with Gasteiger partial charge in [0.05, 0.1) is 0 Å². The first-order valence-electron chi connectivity index (χ1n) is 6.89. The van der Waals surface area contributed by atoms with Gasteiger partial charge in [0.15, 0.2) is 0 Å². The molecule has 0 unspecified atom stereocenters. The number of ketones is 1. The van der Waals surface area contributed by atoms with Gasteiger partial charge in [-0.1, -0.05) is 58.3 Å². The monoisotopic (exact) mass is 246 g/mol. The first kappa shape index (κ1) is 16.0. The van der Waals surface area contributed by atoms with Crippen molar-refractivity contribution in [2.45, 2.75) is 77.6 Å². The third kappa shape index (κ3) is 12.0. The molecule has 0 amide bonds. The Labute approximate surface area is 106 Å². The van der Waals surface area contributed by atoms with Crippen molar-refractivity contribution in [2.75, 3.05) is 5.88 Å². The van der Waals surface area contributed by atoms with Gasteiger partial charge in [0, 0.05) is 18.7 Å². The second-order valence-electron chi connectivity index (χ2n) is 4.56. The smallest absolute Gasteiger partial charge is 0.134 e. The number of hydrogen-bond donors (Lipinski definition) is 0. The van der Waals surface area contributed by atoms with Crippen LogP contribution in [-0.4, -0.2) is 11.7 Å². The summed E-state index contributed by atoms with van der Waals surface area (Å²) in [6.45, 7) is 2.25. The van der Waals surface area contributed by atoms with E-state index in [1.807, 2.05) is 0 Å². The normalized spacial score (nSPS) is 10.6. The number of carbonyl (C=O) groups is 1. The van der Waals surface area contributed by atoms with E-state index in [1.165, 1.54) is 51.4 Å². The number of hydrogen-bond acceptors (Lipinski definition) is 1. The van der Waals surface area contributed by atoms with Crippen molar-refractivity contribution in [2.24, 2.45) is 0 Å². The maximum Gasteiger partial charge on any atom is 0.134 e. The number of halogens is 1. The Morgan fingerprint density at radius 2 is 1.31 bits per heavy atom. The molecule has 0 heterocycles. The number of carbonyl (C=O) groups excluding carboxylic acids is 1. The van der Waals surface area contributed by atoms with Crippen LogP contribution in [0.1, 0.15) is 77.6 Å². The summed E-state index contributed by atoms with van der Waals surface area (Å²) in [5.74, 6) is 0.814. The van der Waals surface area contributed by atoms with Gasteiger partial charge in [-0.3, -0.25) is 4.79 Å². The van der Waals surface area contributed by atoms with Crippen LogP contribution < -0.4 is 0 Å². The summed E-state index contributed by atoms with van der Waals surface area (Å²) in [6, 6.07) is 0. The molecule has 0 radical (unpaired) electrons.